The molecule has 1 amide bonds. The average molecular weight is 267 g/mol. The summed E-state index contributed by atoms with van der Waals surface area (Å²) >= 11 is 0. The fourth-order valence-corrected chi connectivity index (χ4v) is 1.91. The Morgan fingerprint density at radius 2 is 1.84 bits per heavy atom. The van der Waals surface area contributed by atoms with Crippen LogP contribution in [0.5, 0.6) is 0 Å². The van der Waals surface area contributed by atoms with Crippen LogP contribution in [0.2, 0.25) is 0 Å². The molecule has 6 heteroatoms. The van der Waals surface area contributed by atoms with Crippen LogP contribution in [-0.2, 0) is 0 Å². The highest BCUT2D eigenvalue weighted by Crippen LogP contribution is 2.08. The van der Waals surface area contributed by atoms with Gasteiger partial charge in [-0.2, -0.15) is 0 Å². The minimum atomic E-state index is -1.87. The molecule has 0 unspecified atom stereocenters. The van der Waals surface area contributed by atoms with E-state index in [4.69, 9.17) is 10.0 Å². The molecule has 0 aliphatic carbocycles. The molecule has 0 atom stereocenters. The Morgan fingerprint density at radius 1 is 1.26 bits per heavy atom. The molecule has 0 aliphatic heterocycles. The summed E-state index contributed by atoms with van der Waals surface area (Å²) in [6, 6.07) is 3.69. The molecule has 0 radical (unpaired) electrons. The predicted molar refractivity (Wildman–Crippen MR) is 72.7 cm³/mol. The van der Waals surface area contributed by atoms with E-state index in [1.807, 2.05) is 13.8 Å². The fraction of sp³-hybridized carbons (Fsp3) is 0.462. The summed E-state index contributed by atoms with van der Waals surface area (Å²) in [5.74, 6) is -1.02. The predicted octanol–water partition coefficient (Wildman–Crippen LogP) is 0.768. The maximum absolute atomic E-state index is 13.6. The third-order valence-electron chi connectivity index (χ3n) is 2.80. The van der Waals surface area contributed by atoms with Gasteiger partial charge in [0.05, 0.1) is 0 Å². The van der Waals surface area contributed by atoms with Crippen molar-refractivity contribution in [2.75, 3.05) is 13.1 Å². The molecule has 0 fully saturated rings. The van der Waals surface area contributed by atoms with Gasteiger partial charge in [-0.1, -0.05) is 19.9 Å². The average Bonchev–Trinajstić information content (AvgIpc) is 2.37. The highest BCUT2D eigenvalue weighted by Gasteiger charge is 2.20. The van der Waals surface area contributed by atoms with Crippen molar-refractivity contribution < 1.29 is 19.2 Å². The van der Waals surface area contributed by atoms with Crippen LogP contribution in [-0.4, -0.2) is 41.1 Å². The largest absolute Gasteiger partial charge is 0.491 e. The van der Waals surface area contributed by atoms with E-state index in [2.05, 4.69) is 0 Å². The first kappa shape index (κ1) is 15.7. The number of rotatable bonds is 6. The van der Waals surface area contributed by atoms with Crippen LogP contribution in [0.4, 0.5) is 4.39 Å². The van der Waals surface area contributed by atoms with Gasteiger partial charge in [0.1, 0.15) is 5.82 Å². The van der Waals surface area contributed by atoms with E-state index < -0.39 is 12.9 Å². The van der Waals surface area contributed by atoms with Crippen molar-refractivity contribution in [3.8, 4) is 0 Å². The number of hydrogen-bond acceptors (Lipinski definition) is 3. The summed E-state index contributed by atoms with van der Waals surface area (Å²) in [5, 5.41) is 17.9. The van der Waals surface area contributed by atoms with Gasteiger partial charge in [0.2, 0.25) is 0 Å². The van der Waals surface area contributed by atoms with Gasteiger partial charge in [-0.25, -0.2) is 4.39 Å². The van der Waals surface area contributed by atoms with E-state index in [1.165, 1.54) is 12.1 Å². The molecule has 0 aliphatic rings. The van der Waals surface area contributed by atoms with Crippen molar-refractivity contribution in [1.82, 2.24) is 4.90 Å². The minimum Gasteiger partial charge on any atom is -0.423 e. The number of hydrogen-bond donors (Lipinski definition) is 2. The van der Waals surface area contributed by atoms with Crippen LogP contribution in [0.3, 0.4) is 0 Å². The highest BCUT2D eigenvalue weighted by molar-refractivity contribution is 6.58. The molecule has 104 valence electrons. The van der Waals surface area contributed by atoms with Crippen molar-refractivity contribution in [3.63, 3.8) is 0 Å². The van der Waals surface area contributed by atoms with Gasteiger partial charge in [0.25, 0.3) is 5.91 Å². The van der Waals surface area contributed by atoms with Gasteiger partial charge in [0.15, 0.2) is 0 Å². The lowest BCUT2D eigenvalue weighted by atomic mass is 9.79. The molecule has 2 N–H and O–H groups in total. The smallest absolute Gasteiger partial charge is 0.423 e. The number of benzene rings is 1. The Balaban J connectivity index is 2.95. The molecule has 19 heavy (non-hydrogen) atoms. The summed E-state index contributed by atoms with van der Waals surface area (Å²) in [5.41, 5.74) is -0.00196. The molecular weight excluding hydrogens is 248 g/mol. The summed E-state index contributed by atoms with van der Waals surface area (Å²) < 4.78 is 13.6. The number of nitrogens with zero attached hydrogens (tertiary/aromatic N) is 1. The number of amides is 1. The number of carbonyl (C=O) groups excluding carboxylic acids is 1. The zero-order valence-electron chi connectivity index (χ0n) is 11.3. The second-order valence-corrected chi connectivity index (χ2v) is 4.40. The van der Waals surface area contributed by atoms with Crippen LogP contribution in [0.25, 0.3) is 0 Å². The van der Waals surface area contributed by atoms with E-state index >= 15 is 0 Å². The molecule has 1 aromatic rings. The zero-order chi connectivity index (χ0) is 14.4. The first-order valence-electron chi connectivity index (χ1n) is 6.46. The van der Waals surface area contributed by atoms with Crippen molar-refractivity contribution in [1.29, 1.82) is 0 Å². The Morgan fingerprint density at radius 3 is 2.26 bits per heavy atom. The Kier molecular flexibility index (Phi) is 5.98. The molecule has 1 aromatic carbocycles. The standard InChI is InChI=1S/C13H19BFNO3/c1-3-7-16(8-4-2)13(17)10-5-6-11(14(18)19)12(15)9-10/h5-6,9,18-19H,3-4,7-8H2,1-2H3. The van der Waals surface area contributed by atoms with Crippen LogP contribution in [0, 0.1) is 5.82 Å². The summed E-state index contributed by atoms with van der Waals surface area (Å²) in [6.45, 7) is 5.20. The molecule has 0 heterocycles. The lowest BCUT2D eigenvalue weighted by molar-refractivity contribution is 0.0755. The lowest BCUT2D eigenvalue weighted by Crippen LogP contribution is -2.35. The maximum Gasteiger partial charge on any atom is 0.491 e. The highest BCUT2D eigenvalue weighted by atomic mass is 19.1. The first-order valence-corrected chi connectivity index (χ1v) is 6.46. The van der Waals surface area contributed by atoms with Gasteiger partial charge in [0, 0.05) is 24.1 Å². The second-order valence-electron chi connectivity index (χ2n) is 4.40. The Hall–Kier alpha value is -1.40. The molecule has 4 nitrogen and oxygen atoms in total. The second kappa shape index (κ2) is 7.26. The van der Waals surface area contributed by atoms with Crippen molar-refractivity contribution in [3.05, 3.63) is 29.6 Å². The summed E-state index contributed by atoms with van der Waals surface area (Å²) in [7, 11) is -1.87. The van der Waals surface area contributed by atoms with E-state index in [-0.39, 0.29) is 16.9 Å². The molecule has 0 saturated heterocycles. The van der Waals surface area contributed by atoms with Crippen molar-refractivity contribution >= 4 is 18.5 Å². The third-order valence-corrected chi connectivity index (χ3v) is 2.80. The summed E-state index contributed by atoms with van der Waals surface area (Å²) in [4.78, 5) is 13.9. The van der Waals surface area contributed by atoms with Gasteiger partial charge in [-0.3, -0.25) is 4.79 Å². The van der Waals surface area contributed by atoms with Crippen LogP contribution >= 0.6 is 0 Å². The molecule has 0 bridgehead atoms. The fourth-order valence-electron chi connectivity index (χ4n) is 1.91. The Labute approximate surface area is 113 Å². The third kappa shape index (κ3) is 4.04. The quantitative estimate of drug-likeness (QED) is 0.748. The van der Waals surface area contributed by atoms with Gasteiger partial charge in [-0.15, -0.1) is 0 Å². The SMILES string of the molecule is CCCN(CCC)C(=O)c1ccc(B(O)O)c(F)c1. The Bertz CT molecular complexity index is 434. The number of carbonyl (C=O) groups is 1. The van der Waals surface area contributed by atoms with Gasteiger partial charge in [-0.05, 0) is 25.0 Å². The topological polar surface area (TPSA) is 60.8 Å². The summed E-state index contributed by atoms with van der Waals surface area (Å²) in [6.07, 6.45) is 1.67. The lowest BCUT2D eigenvalue weighted by Gasteiger charge is -2.21. The molecular formula is C13H19BFNO3. The van der Waals surface area contributed by atoms with E-state index in [9.17, 15) is 9.18 Å². The molecule has 0 spiro atoms. The van der Waals surface area contributed by atoms with Gasteiger partial charge < -0.3 is 14.9 Å². The monoisotopic (exact) mass is 267 g/mol. The zero-order valence-corrected chi connectivity index (χ0v) is 11.3. The van der Waals surface area contributed by atoms with E-state index in [1.54, 1.807) is 4.90 Å². The maximum atomic E-state index is 13.6. The molecule has 0 aromatic heterocycles. The van der Waals surface area contributed by atoms with E-state index in [0.717, 1.165) is 18.9 Å². The molecule has 0 saturated carbocycles. The van der Waals surface area contributed by atoms with Crippen molar-refractivity contribution in [2.45, 2.75) is 26.7 Å². The molecule has 1 rings (SSSR count). The normalized spacial score (nSPS) is 10.4. The van der Waals surface area contributed by atoms with Crippen molar-refractivity contribution in [2.24, 2.45) is 0 Å². The van der Waals surface area contributed by atoms with E-state index in [0.29, 0.717) is 13.1 Å². The minimum absolute atomic E-state index is 0.226. The first-order chi connectivity index (χ1) is 9.01. The van der Waals surface area contributed by atoms with Gasteiger partial charge >= 0.3 is 7.12 Å². The van der Waals surface area contributed by atoms with Crippen LogP contribution in [0.1, 0.15) is 37.0 Å². The van der Waals surface area contributed by atoms with Crippen LogP contribution < -0.4 is 5.46 Å². The number of halogens is 1. The van der Waals surface area contributed by atoms with Crippen LogP contribution in [0.15, 0.2) is 18.2 Å².